The quantitative estimate of drug-likeness (QED) is 0.240. The highest BCUT2D eigenvalue weighted by molar-refractivity contribution is 7.21. The van der Waals surface area contributed by atoms with E-state index in [1.54, 1.807) is 0 Å². The molecule has 37 heavy (non-hydrogen) atoms. The molecule has 0 saturated heterocycles. The second-order valence-corrected chi connectivity index (χ2v) is 10.2. The highest BCUT2D eigenvalue weighted by Crippen LogP contribution is 2.49. The van der Waals surface area contributed by atoms with Crippen LogP contribution in [0.5, 0.6) is 0 Å². The molecule has 0 bridgehead atoms. The van der Waals surface area contributed by atoms with Crippen LogP contribution in [0.25, 0.3) is 64.8 Å². The molecule has 0 aliphatic heterocycles. The van der Waals surface area contributed by atoms with E-state index in [-0.39, 0.29) is 0 Å². The molecular formula is C35H23NS. The van der Waals surface area contributed by atoms with Crippen molar-refractivity contribution in [3.8, 4) is 43.1 Å². The van der Waals surface area contributed by atoms with Crippen molar-refractivity contribution in [1.29, 1.82) is 0 Å². The first-order valence-electron chi connectivity index (χ1n) is 12.5. The summed E-state index contributed by atoms with van der Waals surface area (Å²) in [7, 11) is 0. The molecule has 0 radical (unpaired) electrons. The fourth-order valence-electron chi connectivity index (χ4n) is 5.21. The number of aromatic nitrogens is 1. The predicted octanol–water partition coefficient (Wildman–Crippen LogP) is 10.1. The molecule has 2 heterocycles. The first kappa shape index (κ1) is 21.7. The lowest BCUT2D eigenvalue weighted by Crippen LogP contribution is -1.87. The lowest BCUT2D eigenvalue weighted by atomic mass is 9.94. The average molecular weight is 490 g/mol. The second kappa shape index (κ2) is 9.16. The molecular weight excluding hydrogens is 466 g/mol. The Bertz CT molecular complexity index is 1870. The molecule has 0 N–H and O–H groups in total. The zero-order valence-corrected chi connectivity index (χ0v) is 21.0. The number of pyridine rings is 1. The molecule has 0 amide bonds. The van der Waals surface area contributed by atoms with Gasteiger partial charge in [0.05, 0.1) is 5.52 Å². The minimum Gasteiger partial charge on any atom is -0.256 e. The summed E-state index contributed by atoms with van der Waals surface area (Å²) in [5, 5.41) is 3.72. The molecule has 0 aliphatic carbocycles. The standard InChI is InChI=1S/C35H23NS/c1-3-12-24(13-4-1)27-17-7-8-18-28(27)34-29-19-9-10-20-30(29)35(37-34)32-22-26-16-11-21-36-33(26)23-31(32)25-14-5-2-6-15-25/h1-23H. The maximum Gasteiger partial charge on any atom is 0.0708 e. The summed E-state index contributed by atoms with van der Waals surface area (Å²) in [6, 6.07) is 47.7. The van der Waals surface area contributed by atoms with Crippen molar-refractivity contribution in [3.05, 3.63) is 140 Å². The van der Waals surface area contributed by atoms with Gasteiger partial charge in [-0.05, 0) is 40.5 Å². The van der Waals surface area contributed by atoms with Gasteiger partial charge in [-0.2, -0.15) is 0 Å². The predicted molar refractivity (Wildman–Crippen MR) is 159 cm³/mol. The van der Waals surface area contributed by atoms with Gasteiger partial charge >= 0.3 is 0 Å². The molecule has 2 heteroatoms. The second-order valence-electron chi connectivity index (χ2n) is 9.18. The number of fused-ring (bicyclic) bond motifs is 2. The fourth-order valence-corrected chi connectivity index (χ4v) is 6.55. The zero-order chi connectivity index (χ0) is 24.6. The summed E-state index contributed by atoms with van der Waals surface area (Å²) in [6.45, 7) is 0. The topological polar surface area (TPSA) is 12.9 Å². The van der Waals surface area contributed by atoms with Crippen LogP contribution < -0.4 is 0 Å². The van der Waals surface area contributed by atoms with Crippen molar-refractivity contribution in [2.45, 2.75) is 0 Å². The van der Waals surface area contributed by atoms with Crippen molar-refractivity contribution in [1.82, 2.24) is 4.98 Å². The maximum atomic E-state index is 4.67. The molecule has 7 rings (SSSR count). The van der Waals surface area contributed by atoms with Gasteiger partial charge in [0.15, 0.2) is 0 Å². The molecule has 0 unspecified atom stereocenters. The molecule has 1 nitrogen and oxygen atoms in total. The summed E-state index contributed by atoms with van der Waals surface area (Å²) in [5.41, 5.74) is 8.43. The average Bonchev–Trinajstić information content (AvgIpc) is 3.37. The van der Waals surface area contributed by atoms with E-state index in [1.165, 1.54) is 53.9 Å². The molecule has 7 aromatic rings. The van der Waals surface area contributed by atoms with Crippen molar-refractivity contribution in [2.75, 3.05) is 0 Å². The number of benzene rings is 5. The van der Waals surface area contributed by atoms with Gasteiger partial charge in [0.2, 0.25) is 0 Å². The Hall–Kier alpha value is -4.53. The van der Waals surface area contributed by atoms with Crippen LogP contribution in [-0.2, 0) is 0 Å². The van der Waals surface area contributed by atoms with Gasteiger partial charge in [0.25, 0.3) is 0 Å². The normalized spacial score (nSPS) is 11.2. The summed E-state index contributed by atoms with van der Waals surface area (Å²) in [6.07, 6.45) is 1.87. The van der Waals surface area contributed by atoms with Crippen molar-refractivity contribution in [2.24, 2.45) is 0 Å². The molecule has 0 atom stereocenters. The lowest BCUT2D eigenvalue weighted by Gasteiger charge is -2.11. The Kier molecular flexibility index (Phi) is 5.38. The Balaban J connectivity index is 1.53. The van der Waals surface area contributed by atoms with E-state index in [1.807, 2.05) is 23.6 Å². The smallest absolute Gasteiger partial charge is 0.0708 e. The van der Waals surface area contributed by atoms with Crippen LogP contribution in [0.15, 0.2) is 140 Å². The molecule has 5 aromatic carbocycles. The van der Waals surface area contributed by atoms with E-state index < -0.39 is 0 Å². The van der Waals surface area contributed by atoms with Crippen LogP contribution in [-0.4, -0.2) is 4.98 Å². The lowest BCUT2D eigenvalue weighted by molar-refractivity contribution is 1.41. The van der Waals surface area contributed by atoms with Gasteiger partial charge in [-0.15, -0.1) is 11.3 Å². The molecule has 0 spiro atoms. The van der Waals surface area contributed by atoms with Crippen molar-refractivity contribution >= 4 is 33.0 Å². The van der Waals surface area contributed by atoms with E-state index in [0.29, 0.717) is 0 Å². The monoisotopic (exact) mass is 489 g/mol. The van der Waals surface area contributed by atoms with Gasteiger partial charge in [0.1, 0.15) is 0 Å². The minimum absolute atomic E-state index is 1.01. The molecule has 0 saturated carbocycles. The summed E-state index contributed by atoms with van der Waals surface area (Å²) in [4.78, 5) is 7.26. The first-order valence-corrected chi connectivity index (χ1v) is 13.3. The Morgan fingerprint density at radius 3 is 1.70 bits per heavy atom. The third kappa shape index (κ3) is 3.83. The van der Waals surface area contributed by atoms with Gasteiger partial charge < -0.3 is 0 Å². The molecule has 174 valence electrons. The number of nitrogens with zero attached hydrogens (tertiary/aromatic N) is 1. The minimum atomic E-state index is 1.01. The maximum absolute atomic E-state index is 4.67. The third-order valence-electron chi connectivity index (χ3n) is 6.95. The highest BCUT2D eigenvalue weighted by atomic mass is 32.1. The van der Waals surface area contributed by atoms with Gasteiger partial charge in [0, 0.05) is 43.2 Å². The van der Waals surface area contributed by atoms with E-state index >= 15 is 0 Å². The van der Waals surface area contributed by atoms with Gasteiger partial charge in [-0.25, -0.2) is 0 Å². The van der Waals surface area contributed by atoms with Crippen LogP contribution in [0.1, 0.15) is 0 Å². The van der Waals surface area contributed by atoms with E-state index in [2.05, 4.69) is 132 Å². The van der Waals surface area contributed by atoms with Crippen molar-refractivity contribution < 1.29 is 0 Å². The molecule has 2 aromatic heterocycles. The summed E-state index contributed by atoms with van der Waals surface area (Å²) >= 11 is 1.88. The Morgan fingerprint density at radius 2 is 1.00 bits per heavy atom. The SMILES string of the molecule is c1ccc(-c2ccccc2-c2sc(-c3cc4cccnc4cc3-c3ccccc3)c3ccccc23)cc1. The Morgan fingerprint density at radius 1 is 0.432 bits per heavy atom. The van der Waals surface area contributed by atoms with E-state index in [0.717, 1.165) is 10.9 Å². The number of thiophene rings is 1. The Labute approximate surface area is 220 Å². The van der Waals surface area contributed by atoms with Crippen LogP contribution >= 0.6 is 11.3 Å². The highest BCUT2D eigenvalue weighted by Gasteiger charge is 2.19. The number of hydrogen-bond acceptors (Lipinski definition) is 2. The number of hydrogen-bond donors (Lipinski definition) is 0. The molecule has 0 aliphatic rings. The largest absolute Gasteiger partial charge is 0.256 e. The summed E-state index contributed by atoms with van der Waals surface area (Å²) < 4.78 is 0. The fraction of sp³-hybridized carbons (Fsp3) is 0. The van der Waals surface area contributed by atoms with Crippen LogP contribution in [0.4, 0.5) is 0 Å². The number of rotatable bonds is 4. The van der Waals surface area contributed by atoms with Gasteiger partial charge in [-0.3, -0.25) is 4.98 Å². The zero-order valence-electron chi connectivity index (χ0n) is 20.1. The summed E-state index contributed by atoms with van der Waals surface area (Å²) in [5.74, 6) is 0. The van der Waals surface area contributed by atoms with Gasteiger partial charge in [-0.1, -0.05) is 115 Å². The van der Waals surface area contributed by atoms with E-state index in [4.69, 9.17) is 0 Å². The third-order valence-corrected chi connectivity index (χ3v) is 8.24. The molecule has 0 fully saturated rings. The van der Waals surface area contributed by atoms with Crippen molar-refractivity contribution in [3.63, 3.8) is 0 Å². The first-order chi connectivity index (χ1) is 18.4. The van der Waals surface area contributed by atoms with Crippen LogP contribution in [0.2, 0.25) is 0 Å². The van der Waals surface area contributed by atoms with Crippen LogP contribution in [0, 0.1) is 0 Å². The van der Waals surface area contributed by atoms with E-state index in [9.17, 15) is 0 Å². The van der Waals surface area contributed by atoms with Crippen LogP contribution in [0.3, 0.4) is 0 Å².